The summed E-state index contributed by atoms with van der Waals surface area (Å²) in [6.07, 6.45) is 2.39. The minimum absolute atomic E-state index is 0.0949. The summed E-state index contributed by atoms with van der Waals surface area (Å²) in [6.45, 7) is 2.90. The molecule has 3 nitrogen and oxygen atoms in total. The van der Waals surface area contributed by atoms with Crippen molar-refractivity contribution in [2.45, 2.75) is 24.5 Å². The summed E-state index contributed by atoms with van der Waals surface area (Å²) in [7, 11) is 0. The molecule has 1 unspecified atom stereocenters. The minimum Gasteiger partial charge on any atom is -0.398 e. The van der Waals surface area contributed by atoms with E-state index in [9.17, 15) is 4.79 Å². The molecule has 0 saturated carbocycles. The van der Waals surface area contributed by atoms with E-state index in [0.29, 0.717) is 17.8 Å². The average molecular weight is 329 g/mol. The van der Waals surface area contributed by atoms with E-state index in [1.54, 1.807) is 12.1 Å². The van der Waals surface area contributed by atoms with Crippen LogP contribution in [0.3, 0.4) is 0 Å². The summed E-state index contributed by atoms with van der Waals surface area (Å²) in [4.78, 5) is 12.1. The van der Waals surface area contributed by atoms with Crippen LogP contribution in [0.15, 0.2) is 22.7 Å². The molecule has 18 heavy (non-hydrogen) atoms. The zero-order chi connectivity index (χ0) is 13.2. The minimum atomic E-state index is -0.0949. The highest BCUT2D eigenvalue weighted by atomic mass is 79.9. The summed E-state index contributed by atoms with van der Waals surface area (Å²) >= 11 is 5.29. The molecule has 5 heteroatoms. The summed E-state index contributed by atoms with van der Waals surface area (Å²) in [5, 5.41) is 2.99. The molecule has 1 amide bonds. The number of benzene rings is 1. The van der Waals surface area contributed by atoms with Gasteiger partial charge in [0.05, 0.1) is 5.56 Å². The molecule has 1 saturated heterocycles. The van der Waals surface area contributed by atoms with E-state index in [1.807, 2.05) is 17.8 Å². The molecule has 1 aromatic carbocycles. The fraction of sp³-hybridized carbons (Fsp3) is 0.462. The Bertz CT molecular complexity index is 458. The van der Waals surface area contributed by atoms with Gasteiger partial charge in [0.15, 0.2) is 0 Å². The monoisotopic (exact) mass is 328 g/mol. The first-order valence-electron chi connectivity index (χ1n) is 5.97. The zero-order valence-corrected chi connectivity index (χ0v) is 12.7. The van der Waals surface area contributed by atoms with Crippen molar-refractivity contribution in [2.75, 3.05) is 18.0 Å². The number of thioether (sulfide) groups is 1. The van der Waals surface area contributed by atoms with Crippen molar-refractivity contribution in [3.8, 4) is 0 Å². The number of halogens is 1. The summed E-state index contributed by atoms with van der Waals surface area (Å²) in [5.74, 6) is 1.09. The number of anilines is 1. The molecule has 1 heterocycles. The average Bonchev–Trinajstić information content (AvgIpc) is 2.77. The molecule has 2 rings (SSSR count). The van der Waals surface area contributed by atoms with Crippen LogP contribution in [0, 0.1) is 0 Å². The van der Waals surface area contributed by atoms with E-state index in [1.165, 1.54) is 12.2 Å². The zero-order valence-electron chi connectivity index (χ0n) is 10.3. The van der Waals surface area contributed by atoms with Gasteiger partial charge in [-0.1, -0.05) is 15.9 Å². The lowest BCUT2D eigenvalue weighted by atomic mass is 10.1. The van der Waals surface area contributed by atoms with Crippen LogP contribution in [0.1, 0.15) is 30.1 Å². The molecule has 3 N–H and O–H groups in total. The third kappa shape index (κ3) is 3.20. The van der Waals surface area contributed by atoms with Crippen molar-refractivity contribution in [3.63, 3.8) is 0 Å². The van der Waals surface area contributed by atoms with Gasteiger partial charge in [0.1, 0.15) is 0 Å². The second-order valence-corrected chi connectivity index (χ2v) is 7.41. The molecule has 0 spiro atoms. The standard InChI is InChI=1S/C13H17BrN2OS/c1-13(5-2-6-18-13)8-16-12(17)10-7-9(14)3-4-11(10)15/h3-4,7H,2,5-6,8,15H2,1H3,(H,16,17). The van der Waals surface area contributed by atoms with Crippen LogP contribution in [-0.2, 0) is 0 Å². The van der Waals surface area contributed by atoms with E-state index >= 15 is 0 Å². The third-order valence-electron chi connectivity index (χ3n) is 3.18. The molecule has 0 aliphatic carbocycles. The highest BCUT2D eigenvalue weighted by Crippen LogP contribution is 2.37. The van der Waals surface area contributed by atoms with E-state index in [-0.39, 0.29) is 10.7 Å². The molecule has 0 radical (unpaired) electrons. The predicted octanol–water partition coefficient (Wildman–Crippen LogP) is 3.05. The Kier molecular flexibility index (Phi) is 4.22. The Morgan fingerprint density at radius 1 is 1.61 bits per heavy atom. The van der Waals surface area contributed by atoms with Crippen LogP contribution < -0.4 is 11.1 Å². The number of hydrogen-bond donors (Lipinski definition) is 2. The Hall–Kier alpha value is -0.680. The van der Waals surface area contributed by atoms with Crippen LogP contribution >= 0.6 is 27.7 Å². The lowest BCUT2D eigenvalue weighted by Gasteiger charge is -2.23. The summed E-state index contributed by atoms with van der Waals surface area (Å²) < 4.78 is 1.04. The lowest BCUT2D eigenvalue weighted by molar-refractivity contribution is 0.0951. The van der Waals surface area contributed by atoms with Gasteiger partial charge in [0.25, 0.3) is 5.91 Å². The van der Waals surface area contributed by atoms with Gasteiger partial charge >= 0.3 is 0 Å². The molecule has 0 aromatic heterocycles. The number of hydrogen-bond acceptors (Lipinski definition) is 3. The number of nitrogens with one attached hydrogen (secondary N) is 1. The number of rotatable bonds is 3. The van der Waals surface area contributed by atoms with Gasteiger partial charge in [-0.3, -0.25) is 4.79 Å². The molecule has 1 aliphatic heterocycles. The second kappa shape index (κ2) is 5.53. The predicted molar refractivity (Wildman–Crippen MR) is 81.0 cm³/mol. The molecule has 98 valence electrons. The Morgan fingerprint density at radius 3 is 3.06 bits per heavy atom. The first-order chi connectivity index (χ1) is 8.50. The number of carbonyl (C=O) groups is 1. The Morgan fingerprint density at radius 2 is 2.39 bits per heavy atom. The van der Waals surface area contributed by atoms with Crippen molar-refractivity contribution in [2.24, 2.45) is 0 Å². The highest BCUT2D eigenvalue weighted by molar-refractivity contribution is 9.10. The van der Waals surface area contributed by atoms with Gasteiger partial charge in [-0.25, -0.2) is 0 Å². The maximum absolute atomic E-state index is 12.1. The van der Waals surface area contributed by atoms with E-state index < -0.39 is 0 Å². The number of nitrogen functional groups attached to an aromatic ring is 1. The van der Waals surface area contributed by atoms with Crippen LogP contribution in [0.5, 0.6) is 0 Å². The molecule has 1 aliphatic rings. The van der Waals surface area contributed by atoms with Gasteiger partial charge in [-0.05, 0) is 43.7 Å². The van der Waals surface area contributed by atoms with E-state index in [0.717, 1.165) is 10.9 Å². The van der Waals surface area contributed by atoms with Crippen molar-refractivity contribution < 1.29 is 4.79 Å². The molecule has 1 aromatic rings. The first-order valence-corrected chi connectivity index (χ1v) is 7.75. The third-order valence-corrected chi connectivity index (χ3v) is 5.21. The van der Waals surface area contributed by atoms with Crippen LogP contribution in [0.4, 0.5) is 5.69 Å². The van der Waals surface area contributed by atoms with Crippen LogP contribution in [0.25, 0.3) is 0 Å². The Balaban J connectivity index is 2.01. The molecule has 1 fully saturated rings. The van der Waals surface area contributed by atoms with E-state index in [4.69, 9.17) is 5.73 Å². The van der Waals surface area contributed by atoms with Crippen LogP contribution in [0.2, 0.25) is 0 Å². The molecule has 1 atom stereocenters. The summed E-state index contributed by atoms with van der Waals surface area (Å²) in [6, 6.07) is 5.33. The van der Waals surface area contributed by atoms with Crippen LogP contribution in [-0.4, -0.2) is 23.0 Å². The SMILES string of the molecule is CC1(CNC(=O)c2cc(Br)ccc2N)CCCS1. The van der Waals surface area contributed by atoms with Crippen molar-refractivity contribution >= 4 is 39.3 Å². The van der Waals surface area contributed by atoms with Crippen molar-refractivity contribution in [1.82, 2.24) is 5.32 Å². The quantitative estimate of drug-likeness (QED) is 0.838. The van der Waals surface area contributed by atoms with Gasteiger partial charge < -0.3 is 11.1 Å². The molecular formula is C13H17BrN2OS. The van der Waals surface area contributed by atoms with E-state index in [2.05, 4.69) is 28.2 Å². The topological polar surface area (TPSA) is 55.1 Å². The van der Waals surface area contributed by atoms with Gasteiger partial charge in [-0.2, -0.15) is 11.8 Å². The smallest absolute Gasteiger partial charge is 0.253 e. The fourth-order valence-electron chi connectivity index (χ4n) is 2.06. The van der Waals surface area contributed by atoms with Crippen molar-refractivity contribution in [3.05, 3.63) is 28.2 Å². The fourth-order valence-corrected chi connectivity index (χ4v) is 3.67. The maximum Gasteiger partial charge on any atom is 0.253 e. The lowest BCUT2D eigenvalue weighted by Crippen LogP contribution is -2.37. The van der Waals surface area contributed by atoms with Gasteiger partial charge in [0, 0.05) is 21.5 Å². The normalized spacial score (nSPS) is 23.0. The first kappa shape index (κ1) is 13.7. The second-order valence-electron chi connectivity index (χ2n) is 4.82. The summed E-state index contributed by atoms with van der Waals surface area (Å²) in [5.41, 5.74) is 6.87. The largest absolute Gasteiger partial charge is 0.398 e. The number of amides is 1. The van der Waals surface area contributed by atoms with Crippen molar-refractivity contribution in [1.29, 1.82) is 0 Å². The molecular weight excluding hydrogens is 312 g/mol. The number of nitrogens with two attached hydrogens (primary N) is 1. The van der Waals surface area contributed by atoms with Gasteiger partial charge in [0.2, 0.25) is 0 Å². The highest BCUT2D eigenvalue weighted by Gasteiger charge is 2.29. The number of carbonyl (C=O) groups excluding carboxylic acids is 1. The maximum atomic E-state index is 12.1. The van der Waals surface area contributed by atoms with Gasteiger partial charge in [-0.15, -0.1) is 0 Å². The Labute approximate surface area is 120 Å². The molecule has 0 bridgehead atoms.